The number of halogens is 2. The Kier molecular flexibility index (Phi) is 7.66. The zero-order chi connectivity index (χ0) is 24.2. The predicted octanol–water partition coefficient (Wildman–Crippen LogP) is 5.55. The molecule has 1 fully saturated rings. The van der Waals surface area contributed by atoms with Crippen LogP contribution < -0.4 is 4.90 Å². The lowest BCUT2D eigenvalue weighted by atomic mass is 10.0. The number of aryl methyl sites for hydroxylation is 1. The Hall–Kier alpha value is -2.74. The standard InChI is InChI=1S/C25H22Cl2N2O4S/c1-15-2-4-16(5-3-15)20-14-34-25(28-20)29-13-18(12-22(29)30)24(32)33-21(10-11-26)23(31)17-6-8-19(27)9-7-17/h2-9,14,18,21H,10-13H2,1H3. The van der Waals surface area contributed by atoms with E-state index in [1.807, 2.05) is 36.6 Å². The van der Waals surface area contributed by atoms with Gasteiger partial charge in [-0.25, -0.2) is 4.98 Å². The molecule has 0 aliphatic carbocycles. The Morgan fingerprint density at radius 1 is 1.18 bits per heavy atom. The van der Waals surface area contributed by atoms with Gasteiger partial charge >= 0.3 is 5.97 Å². The van der Waals surface area contributed by atoms with E-state index in [9.17, 15) is 14.4 Å². The van der Waals surface area contributed by atoms with Crippen molar-refractivity contribution in [3.05, 3.63) is 70.1 Å². The van der Waals surface area contributed by atoms with Gasteiger partial charge in [0.15, 0.2) is 11.2 Å². The molecule has 9 heteroatoms. The highest BCUT2D eigenvalue weighted by molar-refractivity contribution is 7.14. The first-order valence-corrected chi connectivity index (χ1v) is 12.5. The van der Waals surface area contributed by atoms with Crippen molar-refractivity contribution in [1.82, 2.24) is 4.98 Å². The van der Waals surface area contributed by atoms with Crippen LogP contribution in [0.25, 0.3) is 11.3 Å². The summed E-state index contributed by atoms with van der Waals surface area (Å²) in [6.45, 7) is 2.17. The first kappa shape index (κ1) is 24.4. The number of ether oxygens (including phenoxy) is 1. The Balaban J connectivity index is 1.43. The summed E-state index contributed by atoms with van der Waals surface area (Å²) in [5.41, 5.74) is 3.26. The highest BCUT2D eigenvalue weighted by Gasteiger charge is 2.39. The summed E-state index contributed by atoms with van der Waals surface area (Å²) < 4.78 is 5.54. The Morgan fingerprint density at radius 2 is 1.88 bits per heavy atom. The number of hydrogen-bond donors (Lipinski definition) is 0. The van der Waals surface area contributed by atoms with Gasteiger partial charge in [0, 0.05) is 46.8 Å². The quantitative estimate of drug-likeness (QED) is 0.223. The van der Waals surface area contributed by atoms with Gasteiger partial charge in [-0.15, -0.1) is 22.9 Å². The third-order valence-corrected chi connectivity index (χ3v) is 6.91. The van der Waals surface area contributed by atoms with E-state index < -0.39 is 18.0 Å². The van der Waals surface area contributed by atoms with Crippen LogP contribution in [0.2, 0.25) is 5.02 Å². The zero-order valence-corrected chi connectivity index (χ0v) is 20.7. The summed E-state index contributed by atoms with van der Waals surface area (Å²) in [6.07, 6.45) is -0.852. The maximum absolute atomic E-state index is 12.9. The first-order chi connectivity index (χ1) is 16.4. The predicted molar refractivity (Wildman–Crippen MR) is 134 cm³/mol. The number of alkyl halides is 1. The number of esters is 1. The number of anilines is 1. The summed E-state index contributed by atoms with van der Waals surface area (Å²) in [4.78, 5) is 44.5. The van der Waals surface area contributed by atoms with Crippen molar-refractivity contribution in [2.75, 3.05) is 17.3 Å². The van der Waals surface area contributed by atoms with Gasteiger partial charge in [-0.1, -0.05) is 41.4 Å². The third-order valence-electron chi connectivity index (χ3n) is 5.58. The maximum Gasteiger partial charge on any atom is 0.312 e. The van der Waals surface area contributed by atoms with E-state index in [-0.39, 0.29) is 37.0 Å². The molecule has 1 amide bonds. The van der Waals surface area contributed by atoms with E-state index in [1.54, 1.807) is 24.3 Å². The fourth-order valence-corrected chi connectivity index (χ4v) is 4.86. The number of carbonyl (C=O) groups is 3. The van der Waals surface area contributed by atoms with E-state index in [0.717, 1.165) is 16.8 Å². The molecular weight excluding hydrogens is 495 g/mol. The molecule has 1 aromatic heterocycles. The molecule has 6 nitrogen and oxygen atoms in total. The molecular formula is C25H22Cl2N2O4S. The van der Waals surface area contributed by atoms with Crippen LogP contribution in [-0.2, 0) is 14.3 Å². The molecule has 0 N–H and O–H groups in total. The van der Waals surface area contributed by atoms with Crippen LogP contribution in [0.5, 0.6) is 0 Å². The van der Waals surface area contributed by atoms with Crippen molar-refractivity contribution in [2.45, 2.75) is 25.9 Å². The molecule has 0 bridgehead atoms. The number of hydrogen-bond acceptors (Lipinski definition) is 6. The minimum atomic E-state index is -1.02. The Morgan fingerprint density at radius 3 is 2.56 bits per heavy atom. The van der Waals surface area contributed by atoms with E-state index in [4.69, 9.17) is 27.9 Å². The second-order valence-corrected chi connectivity index (χ2v) is 9.71. The molecule has 1 aliphatic rings. The van der Waals surface area contributed by atoms with Crippen LogP contribution in [0.4, 0.5) is 5.13 Å². The molecule has 2 unspecified atom stereocenters. The van der Waals surface area contributed by atoms with E-state index >= 15 is 0 Å². The number of aromatic nitrogens is 1. The van der Waals surface area contributed by atoms with Crippen LogP contribution in [0.15, 0.2) is 53.9 Å². The van der Waals surface area contributed by atoms with E-state index in [2.05, 4.69) is 4.98 Å². The Labute approximate surface area is 211 Å². The lowest BCUT2D eigenvalue weighted by Gasteiger charge is -2.18. The summed E-state index contributed by atoms with van der Waals surface area (Å²) >= 11 is 13.1. The minimum Gasteiger partial charge on any atom is -0.454 e. The van der Waals surface area contributed by atoms with Gasteiger partial charge in [-0.2, -0.15) is 0 Å². The lowest BCUT2D eigenvalue weighted by Crippen LogP contribution is -2.32. The third kappa shape index (κ3) is 5.49. The van der Waals surface area contributed by atoms with Crippen molar-refractivity contribution < 1.29 is 19.1 Å². The van der Waals surface area contributed by atoms with Crippen LogP contribution in [0.1, 0.15) is 28.8 Å². The summed E-state index contributed by atoms with van der Waals surface area (Å²) in [6, 6.07) is 14.3. The monoisotopic (exact) mass is 516 g/mol. The second kappa shape index (κ2) is 10.7. The fourth-order valence-electron chi connectivity index (χ4n) is 3.67. The lowest BCUT2D eigenvalue weighted by molar-refractivity contribution is -0.151. The average molecular weight is 517 g/mol. The minimum absolute atomic E-state index is 0.00100. The first-order valence-electron chi connectivity index (χ1n) is 10.7. The van der Waals surface area contributed by atoms with Crippen molar-refractivity contribution in [3.63, 3.8) is 0 Å². The Bertz CT molecular complexity index is 1190. The normalized spacial score (nSPS) is 16.5. The summed E-state index contributed by atoms with van der Waals surface area (Å²) in [7, 11) is 0. The fraction of sp³-hybridized carbons (Fsp3) is 0.280. The SMILES string of the molecule is Cc1ccc(-c2csc(N3CC(C(=O)OC(CCCl)C(=O)c4ccc(Cl)cc4)CC3=O)n2)cc1. The van der Waals surface area contributed by atoms with Crippen molar-refractivity contribution in [2.24, 2.45) is 5.92 Å². The molecule has 4 rings (SSSR count). The number of benzene rings is 2. The van der Waals surface area contributed by atoms with Gasteiger partial charge in [-0.05, 0) is 31.2 Å². The van der Waals surface area contributed by atoms with Gasteiger partial charge in [0.25, 0.3) is 0 Å². The molecule has 0 spiro atoms. The topological polar surface area (TPSA) is 76.6 Å². The number of rotatable bonds is 8. The van der Waals surface area contributed by atoms with Crippen LogP contribution in [0.3, 0.4) is 0 Å². The number of carbonyl (C=O) groups excluding carboxylic acids is 3. The highest BCUT2D eigenvalue weighted by atomic mass is 35.5. The molecule has 3 aromatic rings. The molecule has 2 heterocycles. The average Bonchev–Trinajstić information content (AvgIpc) is 3.46. The number of nitrogens with zero attached hydrogens (tertiary/aromatic N) is 2. The van der Waals surface area contributed by atoms with Gasteiger partial charge in [-0.3, -0.25) is 19.3 Å². The van der Waals surface area contributed by atoms with Crippen LogP contribution in [-0.4, -0.2) is 41.2 Å². The molecule has 34 heavy (non-hydrogen) atoms. The number of amides is 1. The van der Waals surface area contributed by atoms with Gasteiger partial charge in [0.2, 0.25) is 11.7 Å². The smallest absolute Gasteiger partial charge is 0.312 e. The summed E-state index contributed by atoms with van der Waals surface area (Å²) in [5, 5.41) is 2.92. The zero-order valence-electron chi connectivity index (χ0n) is 18.4. The van der Waals surface area contributed by atoms with Crippen LogP contribution in [0, 0.1) is 12.8 Å². The second-order valence-electron chi connectivity index (χ2n) is 8.06. The van der Waals surface area contributed by atoms with Gasteiger partial charge in [0.1, 0.15) is 0 Å². The van der Waals surface area contributed by atoms with Crippen molar-refractivity contribution in [1.29, 1.82) is 0 Å². The van der Waals surface area contributed by atoms with Crippen molar-refractivity contribution in [3.8, 4) is 11.3 Å². The molecule has 1 saturated heterocycles. The largest absolute Gasteiger partial charge is 0.454 e. The molecule has 176 valence electrons. The number of ketones is 1. The molecule has 2 atom stereocenters. The van der Waals surface area contributed by atoms with Crippen LogP contribution >= 0.6 is 34.5 Å². The highest BCUT2D eigenvalue weighted by Crippen LogP contribution is 2.32. The molecule has 0 radical (unpaired) electrons. The van der Waals surface area contributed by atoms with Gasteiger partial charge in [0.05, 0.1) is 11.6 Å². The van der Waals surface area contributed by atoms with Gasteiger partial charge < -0.3 is 4.74 Å². The molecule has 1 aliphatic heterocycles. The number of Topliss-reactive ketones (excluding diaryl/α,β-unsaturated/α-hetero) is 1. The maximum atomic E-state index is 12.9. The van der Waals surface area contributed by atoms with E-state index in [0.29, 0.717) is 15.7 Å². The number of thiazole rings is 1. The van der Waals surface area contributed by atoms with Crippen molar-refractivity contribution >= 4 is 57.3 Å². The molecule has 2 aromatic carbocycles. The molecule has 0 saturated carbocycles. The summed E-state index contributed by atoms with van der Waals surface area (Å²) in [5.74, 6) is -1.69. The van der Waals surface area contributed by atoms with E-state index in [1.165, 1.54) is 16.2 Å².